The van der Waals surface area contributed by atoms with Gasteiger partial charge in [0.1, 0.15) is 11.6 Å². The van der Waals surface area contributed by atoms with Gasteiger partial charge in [0.15, 0.2) is 11.3 Å². The fourth-order valence-electron chi connectivity index (χ4n) is 1.80. The van der Waals surface area contributed by atoms with E-state index in [0.29, 0.717) is 5.69 Å². The number of hydroxylamine groups is 2. The van der Waals surface area contributed by atoms with E-state index in [1.807, 2.05) is 0 Å². The molecule has 2 rings (SSSR count). The largest absolute Gasteiger partial charge is 0.442 e. The van der Waals surface area contributed by atoms with Crippen LogP contribution in [-0.4, -0.2) is 39.0 Å². The number of thiazole rings is 1. The average molecular weight is 315 g/mol. The minimum atomic E-state index is -1.14. The van der Waals surface area contributed by atoms with E-state index in [-0.39, 0.29) is 11.4 Å². The van der Waals surface area contributed by atoms with Crippen LogP contribution in [0.4, 0.5) is 4.79 Å². The summed E-state index contributed by atoms with van der Waals surface area (Å²) in [6.45, 7) is 5.17. The lowest BCUT2D eigenvalue weighted by Crippen LogP contribution is -2.36. The lowest BCUT2D eigenvalue weighted by atomic mass is 10.1. The summed E-state index contributed by atoms with van der Waals surface area (Å²) in [6.07, 6.45) is -1.72. The maximum atomic E-state index is 12.1. The number of rotatable bonds is 2. The summed E-state index contributed by atoms with van der Waals surface area (Å²) in [5, 5.41) is 12.3. The molecule has 0 saturated carbocycles. The number of hydrogen-bond acceptors (Lipinski definition) is 7. The molecule has 2 atom stereocenters. The molecule has 1 aromatic rings. The highest BCUT2D eigenvalue weighted by atomic mass is 32.1. The van der Waals surface area contributed by atoms with Crippen LogP contribution in [0.1, 0.15) is 48.7 Å². The molecular formula is C12H17N3O5S. The van der Waals surface area contributed by atoms with E-state index >= 15 is 0 Å². The second kappa shape index (κ2) is 5.58. The minimum Gasteiger partial charge on any atom is -0.442 e. The molecule has 1 unspecified atom stereocenters. The van der Waals surface area contributed by atoms with E-state index in [1.54, 1.807) is 26.2 Å². The van der Waals surface area contributed by atoms with Crippen molar-refractivity contribution in [3.63, 3.8) is 0 Å². The summed E-state index contributed by atoms with van der Waals surface area (Å²) in [5.41, 5.74) is 4.89. The molecule has 8 nitrogen and oxygen atoms in total. The maximum Gasteiger partial charge on any atom is 0.435 e. The molecule has 1 aromatic heterocycles. The van der Waals surface area contributed by atoms with E-state index in [1.165, 1.54) is 0 Å². The summed E-state index contributed by atoms with van der Waals surface area (Å²) in [5.74, 6) is -0.644. The third kappa shape index (κ3) is 3.69. The van der Waals surface area contributed by atoms with Crippen molar-refractivity contribution in [1.82, 2.24) is 10.0 Å². The van der Waals surface area contributed by atoms with Crippen LogP contribution in [0.15, 0.2) is 5.38 Å². The topological polar surface area (TPSA) is 115 Å². The zero-order valence-corrected chi connectivity index (χ0v) is 12.7. The van der Waals surface area contributed by atoms with Crippen molar-refractivity contribution >= 4 is 23.3 Å². The third-order valence-corrected chi connectivity index (χ3v) is 3.47. The Balaban J connectivity index is 2.19. The molecule has 1 fully saturated rings. The number of ether oxygens (including phenoxy) is 1. The Morgan fingerprint density at radius 2 is 2.24 bits per heavy atom. The first-order valence-corrected chi connectivity index (χ1v) is 7.17. The molecular weight excluding hydrogens is 298 g/mol. The van der Waals surface area contributed by atoms with Crippen LogP contribution >= 0.6 is 11.3 Å². The lowest BCUT2D eigenvalue weighted by molar-refractivity contribution is -0.207. The highest BCUT2D eigenvalue weighted by Gasteiger charge is 2.40. The summed E-state index contributed by atoms with van der Waals surface area (Å²) in [4.78, 5) is 32.3. The first-order valence-electron chi connectivity index (χ1n) is 6.29. The van der Waals surface area contributed by atoms with Gasteiger partial charge in [-0.2, -0.15) is 5.06 Å². The Kier molecular flexibility index (Phi) is 4.17. The second-order valence-electron chi connectivity index (χ2n) is 5.56. The molecule has 1 aliphatic rings. The molecule has 1 aliphatic heterocycles. The molecule has 0 radical (unpaired) electrons. The molecule has 0 spiro atoms. The van der Waals surface area contributed by atoms with Gasteiger partial charge in [-0.15, -0.1) is 11.3 Å². The van der Waals surface area contributed by atoms with Crippen molar-refractivity contribution in [1.29, 1.82) is 0 Å². The van der Waals surface area contributed by atoms with Crippen LogP contribution in [0.3, 0.4) is 0 Å². The first-order chi connectivity index (χ1) is 9.67. The predicted molar refractivity (Wildman–Crippen MR) is 73.2 cm³/mol. The zero-order valence-electron chi connectivity index (χ0n) is 11.9. The van der Waals surface area contributed by atoms with Gasteiger partial charge < -0.3 is 15.6 Å². The number of aliphatic hydroxyl groups is 1. The predicted octanol–water partition coefficient (Wildman–Crippen LogP) is 1.17. The standard InChI is InChI=1S/C12H17N3O5S/c1-12(2,3)19-11(18)15-7(4-8(16)20-15)6-5-21-10(14-6)9(13)17/h5,7-8,16H,4H2,1-3H3,(H2,13,17)/t7-,8?/m0/s1. The molecule has 1 saturated heterocycles. The molecule has 21 heavy (non-hydrogen) atoms. The molecule has 2 heterocycles. The van der Waals surface area contributed by atoms with Crippen molar-refractivity contribution in [3.05, 3.63) is 16.1 Å². The molecule has 116 valence electrons. The van der Waals surface area contributed by atoms with Gasteiger partial charge in [-0.1, -0.05) is 0 Å². The Morgan fingerprint density at radius 1 is 1.57 bits per heavy atom. The van der Waals surface area contributed by atoms with Crippen LogP contribution in [0, 0.1) is 0 Å². The highest BCUT2D eigenvalue weighted by molar-refractivity contribution is 7.11. The van der Waals surface area contributed by atoms with Crippen LogP contribution in [0.2, 0.25) is 0 Å². The van der Waals surface area contributed by atoms with Gasteiger partial charge >= 0.3 is 6.09 Å². The van der Waals surface area contributed by atoms with Crippen LogP contribution < -0.4 is 5.73 Å². The van der Waals surface area contributed by atoms with Crippen LogP contribution in [0.5, 0.6) is 0 Å². The number of carbonyl (C=O) groups is 2. The Hall–Kier alpha value is -1.71. The van der Waals surface area contributed by atoms with Gasteiger partial charge in [-0.3, -0.25) is 4.79 Å². The van der Waals surface area contributed by atoms with E-state index in [0.717, 1.165) is 16.4 Å². The summed E-state index contributed by atoms with van der Waals surface area (Å²) in [7, 11) is 0. The van der Waals surface area contributed by atoms with E-state index in [4.69, 9.17) is 15.3 Å². The van der Waals surface area contributed by atoms with E-state index < -0.39 is 29.9 Å². The van der Waals surface area contributed by atoms with Gasteiger partial charge in [0, 0.05) is 11.8 Å². The van der Waals surface area contributed by atoms with Crippen molar-refractivity contribution in [2.75, 3.05) is 0 Å². The van der Waals surface area contributed by atoms with Gasteiger partial charge in [-0.25, -0.2) is 14.6 Å². The molecule has 0 aliphatic carbocycles. The number of nitrogens with zero attached hydrogens (tertiary/aromatic N) is 2. The summed E-state index contributed by atoms with van der Waals surface area (Å²) >= 11 is 1.07. The van der Waals surface area contributed by atoms with Gasteiger partial charge in [0.2, 0.25) is 0 Å². The number of aromatic nitrogens is 1. The molecule has 0 bridgehead atoms. The quantitative estimate of drug-likeness (QED) is 0.846. The number of hydrogen-bond donors (Lipinski definition) is 2. The number of primary amides is 1. The fourth-order valence-corrected chi connectivity index (χ4v) is 2.52. The number of carbonyl (C=O) groups excluding carboxylic acids is 2. The molecule has 3 N–H and O–H groups in total. The van der Waals surface area contributed by atoms with Crippen molar-refractivity contribution < 1.29 is 24.3 Å². The van der Waals surface area contributed by atoms with Crippen molar-refractivity contribution in [3.8, 4) is 0 Å². The number of amides is 2. The Bertz CT molecular complexity index is 553. The van der Waals surface area contributed by atoms with E-state index in [9.17, 15) is 14.7 Å². The zero-order chi connectivity index (χ0) is 15.8. The normalized spacial score (nSPS) is 22.4. The average Bonchev–Trinajstić information content (AvgIpc) is 2.92. The lowest BCUT2D eigenvalue weighted by Gasteiger charge is -2.26. The maximum absolute atomic E-state index is 12.1. The van der Waals surface area contributed by atoms with Crippen LogP contribution in [0.25, 0.3) is 0 Å². The van der Waals surface area contributed by atoms with Crippen molar-refractivity contribution in [2.45, 2.75) is 45.1 Å². The Labute approximate surface area is 125 Å². The SMILES string of the molecule is CC(C)(C)OC(=O)N1OC(O)C[C@H]1c1csc(C(N)=O)n1. The van der Waals surface area contributed by atoms with Gasteiger partial charge in [0.25, 0.3) is 5.91 Å². The first kappa shape index (κ1) is 15.7. The third-order valence-electron chi connectivity index (χ3n) is 2.59. The Morgan fingerprint density at radius 3 is 2.76 bits per heavy atom. The number of aliphatic hydroxyl groups excluding tert-OH is 1. The van der Waals surface area contributed by atoms with Crippen molar-refractivity contribution in [2.24, 2.45) is 5.73 Å². The monoisotopic (exact) mass is 315 g/mol. The summed E-state index contributed by atoms with van der Waals surface area (Å²) < 4.78 is 5.21. The van der Waals surface area contributed by atoms with Crippen LogP contribution in [-0.2, 0) is 9.57 Å². The molecule has 0 aromatic carbocycles. The summed E-state index contributed by atoms with van der Waals surface area (Å²) in [6, 6.07) is -0.626. The minimum absolute atomic E-state index is 0.135. The number of nitrogens with two attached hydrogens (primary N) is 1. The second-order valence-corrected chi connectivity index (χ2v) is 6.42. The van der Waals surface area contributed by atoms with Gasteiger partial charge in [-0.05, 0) is 20.8 Å². The van der Waals surface area contributed by atoms with E-state index in [2.05, 4.69) is 4.98 Å². The van der Waals surface area contributed by atoms with Gasteiger partial charge in [0.05, 0.1) is 5.69 Å². The fraction of sp³-hybridized carbons (Fsp3) is 0.583. The smallest absolute Gasteiger partial charge is 0.435 e. The molecule has 9 heteroatoms. The highest BCUT2D eigenvalue weighted by Crippen LogP contribution is 2.34. The molecule has 2 amide bonds.